The molecule has 6 nitrogen and oxygen atoms in total. The molecule has 1 N–H and O–H groups in total. The van der Waals surface area contributed by atoms with Crippen LogP contribution in [0.2, 0.25) is 0 Å². The summed E-state index contributed by atoms with van der Waals surface area (Å²) in [4.78, 5) is 28.0. The Bertz CT molecular complexity index is 1380. The molecule has 202 valence electrons. The van der Waals surface area contributed by atoms with Crippen molar-refractivity contribution >= 4 is 29.4 Å². The zero-order valence-electron chi connectivity index (χ0n) is 22.7. The van der Waals surface area contributed by atoms with E-state index in [0.717, 1.165) is 29.3 Å². The van der Waals surface area contributed by atoms with E-state index >= 15 is 4.39 Å². The summed E-state index contributed by atoms with van der Waals surface area (Å²) < 4.78 is 30.8. The number of rotatable bonds is 6. The van der Waals surface area contributed by atoms with Crippen molar-refractivity contribution in [3.8, 4) is 5.69 Å². The maximum atomic E-state index is 15.2. The van der Waals surface area contributed by atoms with Crippen LogP contribution in [0.25, 0.3) is 5.69 Å². The van der Waals surface area contributed by atoms with Gasteiger partial charge in [-0.15, -0.1) is 11.8 Å². The second-order valence-corrected chi connectivity index (χ2v) is 11.8. The van der Waals surface area contributed by atoms with Crippen molar-refractivity contribution < 1.29 is 18.4 Å². The van der Waals surface area contributed by atoms with Crippen LogP contribution in [-0.2, 0) is 15.0 Å². The largest absolute Gasteiger partial charge is 0.355 e. The van der Waals surface area contributed by atoms with E-state index in [2.05, 4.69) is 5.32 Å². The van der Waals surface area contributed by atoms with Crippen LogP contribution in [0.15, 0.2) is 36.4 Å². The van der Waals surface area contributed by atoms with Crippen molar-refractivity contribution in [3.63, 3.8) is 0 Å². The van der Waals surface area contributed by atoms with Gasteiger partial charge in [0.05, 0.1) is 22.4 Å². The molecule has 3 aromatic rings. The van der Waals surface area contributed by atoms with E-state index in [9.17, 15) is 14.0 Å². The number of hydrogen-bond acceptors (Lipinski definition) is 4. The molecule has 2 amide bonds. The molecule has 1 aliphatic heterocycles. The van der Waals surface area contributed by atoms with Crippen LogP contribution in [0.3, 0.4) is 0 Å². The zero-order valence-corrected chi connectivity index (χ0v) is 23.5. The van der Waals surface area contributed by atoms with Gasteiger partial charge in [0, 0.05) is 29.2 Å². The highest BCUT2D eigenvalue weighted by atomic mass is 32.2. The Morgan fingerprint density at radius 2 is 1.89 bits per heavy atom. The van der Waals surface area contributed by atoms with Crippen molar-refractivity contribution in [1.82, 2.24) is 15.1 Å². The van der Waals surface area contributed by atoms with Gasteiger partial charge in [-0.2, -0.15) is 5.10 Å². The topological polar surface area (TPSA) is 67.2 Å². The van der Waals surface area contributed by atoms with Crippen LogP contribution in [-0.4, -0.2) is 40.4 Å². The predicted molar refractivity (Wildman–Crippen MR) is 148 cm³/mol. The minimum absolute atomic E-state index is 0.0215. The van der Waals surface area contributed by atoms with Gasteiger partial charge >= 0.3 is 0 Å². The summed E-state index contributed by atoms with van der Waals surface area (Å²) in [6.07, 6.45) is 0.765. The summed E-state index contributed by atoms with van der Waals surface area (Å²) in [5, 5.41) is 7.25. The molecule has 0 unspecified atom stereocenters. The molecule has 0 spiro atoms. The molecule has 4 rings (SSSR count). The number of nitrogens with one attached hydrogen (secondary N) is 1. The Labute approximate surface area is 226 Å². The third-order valence-corrected chi connectivity index (χ3v) is 7.74. The van der Waals surface area contributed by atoms with Crippen LogP contribution in [0.5, 0.6) is 0 Å². The number of amides is 2. The molecule has 1 aliphatic rings. The van der Waals surface area contributed by atoms with Gasteiger partial charge in [-0.1, -0.05) is 51.5 Å². The lowest BCUT2D eigenvalue weighted by Crippen LogP contribution is -2.42. The molecule has 0 aliphatic carbocycles. The fraction of sp³-hybridized carbons (Fsp3) is 0.414. The first-order valence-corrected chi connectivity index (χ1v) is 13.8. The molecule has 1 aromatic heterocycles. The SMILES string of the molecule is CCCNC(=O)CN1C(=O)CS[C@H](c2ccc(F)cc2F)c2c(C(C)(C)C)nn(-c3ccc(C)cc3C)c21. The minimum Gasteiger partial charge on any atom is -0.355 e. The number of aryl methyl sites for hydroxylation is 2. The van der Waals surface area contributed by atoms with E-state index in [0.29, 0.717) is 23.6 Å². The zero-order chi connectivity index (χ0) is 27.8. The molecule has 2 heterocycles. The van der Waals surface area contributed by atoms with Gasteiger partial charge in [0.1, 0.15) is 24.0 Å². The van der Waals surface area contributed by atoms with Crippen LogP contribution in [0.1, 0.15) is 67.3 Å². The van der Waals surface area contributed by atoms with Gasteiger partial charge in [0.15, 0.2) is 0 Å². The molecule has 0 saturated heterocycles. The van der Waals surface area contributed by atoms with Gasteiger partial charge < -0.3 is 5.32 Å². The van der Waals surface area contributed by atoms with E-state index in [1.807, 2.05) is 59.7 Å². The van der Waals surface area contributed by atoms with Gasteiger partial charge in [-0.3, -0.25) is 14.5 Å². The highest BCUT2D eigenvalue weighted by Crippen LogP contribution is 2.49. The summed E-state index contributed by atoms with van der Waals surface area (Å²) in [5.41, 5.74) is 3.92. The average Bonchev–Trinajstić information content (AvgIpc) is 3.16. The molecule has 1 atom stereocenters. The summed E-state index contributed by atoms with van der Waals surface area (Å²) in [6.45, 7) is 12.3. The Hall–Kier alpha value is -3.20. The Morgan fingerprint density at radius 3 is 2.53 bits per heavy atom. The second-order valence-electron chi connectivity index (χ2n) is 10.7. The lowest BCUT2D eigenvalue weighted by atomic mass is 9.87. The van der Waals surface area contributed by atoms with Gasteiger partial charge in [-0.05, 0) is 38.0 Å². The number of halogens is 2. The molecular formula is C29H34F2N4O2S. The number of benzene rings is 2. The van der Waals surface area contributed by atoms with E-state index < -0.39 is 22.3 Å². The van der Waals surface area contributed by atoms with Crippen molar-refractivity contribution in [2.24, 2.45) is 0 Å². The maximum absolute atomic E-state index is 15.2. The maximum Gasteiger partial charge on any atom is 0.240 e. The quantitative estimate of drug-likeness (QED) is 0.432. The highest BCUT2D eigenvalue weighted by molar-refractivity contribution is 8.00. The van der Waals surface area contributed by atoms with E-state index in [4.69, 9.17) is 5.10 Å². The standard InChI is InChI=1S/C29H34F2N4O2S/c1-7-12-32-23(36)15-34-24(37)16-38-26(20-10-9-19(30)14-21(20)31)25-27(29(4,5)6)33-35(28(25)34)22-11-8-17(2)13-18(22)3/h8-11,13-14,26H,7,12,15-16H2,1-6H3,(H,32,36)/t26-/m1/s1. The van der Waals surface area contributed by atoms with Crippen molar-refractivity contribution in [1.29, 1.82) is 0 Å². The fourth-order valence-electron chi connectivity index (χ4n) is 4.71. The van der Waals surface area contributed by atoms with Crippen LogP contribution < -0.4 is 10.2 Å². The van der Waals surface area contributed by atoms with E-state index in [1.165, 1.54) is 28.8 Å². The van der Waals surface area contributed by atoms with Gasteiger partial charge in [0.25, 0.3) is 0 Å². The van der Waals surface area contributed by atoms with Crippen molar-refractivity contribution in [2.75, 3.05) is 23.7 Å². The van der Waals surface area contributed by atoms with Gasteiger partial charge in [-0.25, -0.2) is 13.5 Å². The molecule has 0 saturated carbocycles. The Morgan fingerprint density at radius 1 is 1.16 bits per heavy atom. The average molecular weight is 541 g/mol. The number of carbonyl (C=O) groups is 2. The molecule has 9 heteroatoms. The molecular weight excluding hydrogens is 506 g/mol. The summed E-state index contributed by atoms with van der Waals surface area (Å²) in [6, 6.07) is 9.46. The Kier molecular flexibility index (Phi) is 7.97. The number of carbonyl (C=O) groups excluding carboxylic acids is 2. The molecule has 38 heavy (non-hydrogen) atoms. The summed E-state index contributed by atoms with van der Waals surface area (Å²) in [7, 11) is 0. The normalized spacial score (nSPS) is 15.8. The third kappa shape index (κ3) is 5.48. The molecule has 0 radical (unpaired) electrons. The first-order chi connectivity index (χ1) is 17.9. The summed E-state index contributed by atoms with van der Waals surface area (Å²) >= 11 is 1.26. The first-order valence-electron chi connectivity index (χ1n) is 12.8. The predicted octanol–water partition coefficient (Wildman–Crippen LogP) is 5.76. The number of anilines is 1. The van der Waals surface area contributed by atoms with Crippen LogP contribution in [0.4, 0.5) is 14.6 Å². The molecule has 0 fully saturated rings. The van der Waals surface area contributed by atoms with Gasteiger partial charge in [0.2, 0.25) is 11.8 Å². The van der Waals surface area contributed by atoms with E-state index in [-0.39, 0.29) is 29.7 Å². The van der Waals surface area contributed by atoms with Crippen molar-refractivity contribution in [2.45, 2.75) is 58.6 Å². The highest BCUT2D eigenvalue weighted by Gasteiger charge is 2.40. The first kappa shape index (κ1) is 27.8. The lowest BCUT2D eigenvalue weighted by Gasteiger charge is -2.25. The molecule has 0 bridgehead atoms. The van der Waals surface area contributed by atoms with Crippen LogP contribution >= 0.6 is 11.8 Å². The Balaban J connectivity index is 2.04. The number of aromatic nitrogens is 2. The number of thioether (sulfide) groups is 1. The summed E-state index contributed by atoms with van der Waals surface area (Å²) in [5.74, 6) is -1.45. The third-order valence-electron chi connectivity index (χ3n) is 6.50. The number of hydrogen-bond donors (Lipinski definition) is 1. The number of fused-ring (bicyclic) bond motifs is 1. The van der Waals surface area contributed by atoms with Crippen molar-refractivity contribution in [3.05, 3.63) is 76.0 Å². The lowest BCUT2D eigenvalue weighted by molar-refractivity contribution is -0.122. The van der Waals surface area contributed by atoms with Crippen LogP contribution in [0, 0.1) is 25.5 Å². The minimum atomic E-state index is -0.686. The smallest absolute Gasteiger partial charge is 0.240 e. The molecule has 2 aromatic carbocycles. The monoisotopic (exact) mass is 540 g/mol. The number of nitrogens with zero attached hydrogens (tertiary/aromatic N) is 3. The fourth-order valence-corrected chi connectivity index (χ4v) is 5.93. The van der Waals surface area contributed by atoms with E-state index in [1.54, 1.807) is 4.68 Å². The second kappa shape index (κ2) is 10.9.